The number of carbonyl (C=O) groups excluding carboxylic acids is 1. The maximum atomic E-state index is 11.5. The zero-order valence-electron chi connectivity index (χ0n) is 14.1. The van der Waals surface area contributed by atoms with Gasteiger partial charge in [-0.3, -0.25) is 4.79 Å². The summed E-state index contributed by atoms with van der Waals surface area (Å²) < 4.78 is 12.3. The van der Waals surface area contributed by atoms with Gasteiger partial charge in [-0.25, -0.2) is 0 Å². The van der Waals surface area contributed by atoms with E-state index in [2.05, 4.69) is 15.9 Å². The van der Waals surface area contributed by atoms with Crippen molar-refractivity contribution in [2.75, 3.05) is 0 Å². The number of rotatable bonds is 6. The molecule has 0 aliphatic heterocycles. The van der Waals surface area contributed by atoms with Gasteiger partial charge in [0.25, 0.3) is 0 Å². The second-order valence-electron chi connectivity index (χ2n) is 5.57. The second-order valence-corrected chi connectivity index (χ2v) is 6.42. The molecule has 0 spiro atoms. The third-order valence-corrected chi connectivity index (χ3v) is 4.52. The summed E-state index contributed by atoms with van der Waals surface area (Å²) in [7, 11) is 0. The zero-order valence-corrected chi connectivity index (χ0v) is 15.6. The van der Waals surface area contributed by atoms with Gasteiger partial charge >= 0.3 is 0 Å². The van der Waals surface area contributed by atoms with Crippen molar-refractivity contribution in [3.63, 3.8) is 0 Å². The van der Waals surface area contributed by atoms with Crippen molar-refractivity contribution < 1.29 is 19.4 Å². The fourth-order valence-corrected chi connectivity index (χ4v) is 2.74. The van der Waals surface area contributed by atoms with Crippen molar-refractivity contribution in [3.05, 3.63) is 81.8 Å². The Morgan fingerprint density at radius 1 is 0.963 bits per heavy atom. The quantitative estimate of drug-likeness (QED) is 0.550. The van der Waals surface area contributed by atoms with Gasteiger partial charge in [0.1, 0.15) is 23.0 Å². The normalized spacial score (nSPS) is 10.1. The summed E-state index contributed by atoms with van der Waals surface area (Å²) in [6, 6.07) is 18.8. The van der Waals surface area contributed by atoms with Gasteiger partial charge in [0, 0.05) is 4.47 Å². The minimum absolute atomic E-state index is 0.129. The van der Waals surface area contributed by atoms with Crippen LogP contribution < -0.4 is 9.47 Å². The maximum absolute atomic E-state index is 11.5. The Kier molecular flexibility index (Phi) is 5.87. The van der Waals surface area contributed by atoms with Crippen molar-refractivity contribution in [1.29, 1.82) is 5.26 Å². The minimum atomic E-state index is -0.129. The van der Waals surface area contributed by atoms with Crippen LogP contribution in [-0.4, -0.2) is 11.4 Å². The fraction of sp³-hybridized carbons (Fsp3) is 0.0476. The molecule has 0 bridgehead atoms. The molecule has 0 saturated carbocycles. The highest BCUT2D eigenvalue weighted by Gasteiger charge is 2.09. The van der Waals surface area contributed by atoms with E-state index in [1.807, 2.05) is 6.07 Å². The van der Waals surface area contributed by atoms with E-state index >= 15 is 0 Å². The van der Waals surface area contributed by atoms with Gasteiger partial charge in [-0.15, -0.1) is 0 Å². The molecule has 0 unspecified atom stereocenters. The number of ether oxygens (including phenoxy) is 2. The summed E-state index contributed by atoms with van der Waals surface area (Å²) in [5.74, 6) is 1.91. The lowest BCUT2D eigenvalue weighted by atomic mass is 10.2. The van der Waals surface area contributed by atoms with E-state index in [0.717, 1.165) is 4.47 Å². The number of halogens is 1. The van der Waals surface area contributed by atoms with E-state index in [0.29, 0.717) is 46.0 Å². The number of hydrogen-bond donors (Lipinski definition) is 1. The molecule has 134 valence electrons. The number of aliphatic hydroxyl groups is 1. The summed E-state index contributed by atoms with van der Waals surface area (Å²) in [6.45, 7) is -0.129. The van der Waals surface area contributed by atoms with E-state index in [1.54, 1.807) is 60.7 Å². The standard InChI is InChI=1S/C21H14BrNO4/c22-20-7-5-19(9-15(20)12-24)27-21-8-6-18(10-16(21)13-25)26-17-3-1-14(11-23)2-4-17/h1-10,13,24H,12H2. The number of benzene rings is 3. The van der Waals surface area contributed by atoms with Gasteiger partial charge in [-0.2, -0.15) is 5.26 Å². The second kappa shape index (κ2) is 8.49. The molecule has 0 amide bonds. The molecule has 27 heavy (non-hydrogen) atoms. The molecule has 0 aliphatic rings. The molecule has 1 N–H and O–H groups in total. The van der Waals surface area contributed by atoms with Crippen LogP contribution in [0.4, 0.5) is 0 Å². The predicted molar refractivity (Wildman–Crippen MR) is 103 cm³/mol. The van der Waals surface area contributed by atoms with Crippen LogP contribution in [0.25, 0.3) is 0 Å². The lowest BCUT2D eigenvalue weighted by Gasteiger charge is -2.12. The first-order chi connectivity index (χ1) is 13.1. The summed E-state index contributed by atoms with van der Waals surface area (Å²) in [6.07, 6.45) is 0.687. The van der Waals surface area contributed by atoms with Gasteiger partial charge < -0.3 is 14.6 Å². The molecule has 0 aromatic heterocycles. The first-order valence-corrected chi connectivity index (χ1v) is 8.76. The number of aliphatic hydroxyl groups excluding tert-OH is 1. The predicted octanol–water partition coefficient (Wildman–Crippen LogP) is 5.21. The lowest BCUT2D eigenvalue weighted by Crippen LogP contribution is -1.94. The van der Waals surface area contributed by atoms with Gasteiger partial charge in [0.2, 0.25) is 0 Å². The molecule has 0 fully saturated rings. The average molecular weight is 424 g/mol. The van der Waals surface area contributed by atoms with Crippen molar-refractivity contribution >= 4 is 22.2 Å². The van der Waals surface area contributed by atoms with Crippen LogP contribution in [0, 0.1) is 11.3 Å². The molecule has 3 aromatic rings. The van der Waals surface area contributed by atoms with Crippen LogP contribution >= 0.6 is 15.9 Å². The summed E-state index contributed by atoms with van der Waals surface area (Å²) >= 11 is 3.35. The van der Waals surface area contributed by atoms with Gasteiger partial charge in [-0.05, 0) is 66.2 Å². The van der Waals surface area contributed by atoms with Gasteiger partial charge in [-0.1, -0.05) is 15.9 Å². The molecule has 6 heteroatoms. The Balaban J connectivity index is 1.81. The number of aldehydes is 1. The Labute approximate surface area is 164 Å². The zero-order chi connectivity index (χ0) is 19.2. The molecule has 5 nitrogen and oxygen atoms in total. The van der Waals surface area contributed by atoms with Crippen molar-refractivity contribution in [1.82, 2.24) is 0 Å². The SMILES string of the molecule is N#Cc1ccc(Oc2ccc(Oc3ccc(Br)c(CO)c3)c(C=O)c2)cc1. The first kappa shape index (κ1) is 18.6. The van der Waals surface area contributed by atoms with E-state index in [-0.39, 0.29) is 6.61 Å². The maximum Gasteiger partial charge on any atom is 0.153 e. The lowest BCUT2D eigenvalue weighted by molar-refractivity contribution is 0.112. The molecule has 0 radical (unpaired) electrons. The van der Waals surface area contributed by atoms with Gasteiger partial charge in [0.15, 0.2) is 6.29 Å². The third kappa shape index (κ3) is 4.53. The molecule has 0 heterocycles. The molecule has 0 saturated heterocycles. The largest absolute Gasteiger partial charge is 0.457 e. The minimum Gasteiger partial charge on any atom is -0.457 e. The highest BCUT2D eigenvalue weighted by atomic mass is 79.9. The van der Waals surface area contributed by atoms with Crippen molar-refractivity contribution in [2.24, 2.45) is 0 Å². The van der Waals surface area contributed by atoms with Gasteiger partial charge in [0.05, 0.1) is 23.8 Å². The summed E-state index contributed by atoms with van der Waals surface area (Å²) in [5, 5.41) is 18.2. The Bertz CT molecular complexity index is 1010. The van der Waals surface area contributed by atoms with Crippen LogP contribution in [0.1, 0.15) is 21.5 Å². The molecule has 3 aromatic carbocycles. The molecule has 3 rings (SSSR count). The molecule has 0 atom stereocenters. The van der Waals surface area contributed by atoms with Crippen molar-refractivity contribution in [2.45, 2.75) is 6.61 Å². The number of carbonyl (C=O) groups is 1. The average Bonchev–Trinajstić information content (AvgIpc) is 2.71. The monoisotopic (exact) mass is 423 g/mol. The third-order valence-electron chi connectivity index (χ3n) is 3.74. The first-order valence-electron chi connectivity index (χ1n) is 7.97. The van der Waals surface area contributed by atoms with Crippen LogP contribution in [0.15, 0.2) is 65.1 Å². The summed E-state index contributed by atoms with van der Waals surface area (Å²) in [5.41, 5.74) is 1.55. The highest BCUT2D eigenvalue weighted by Crippen LogP contribution is 2.31. The Morgan fingerprint density at radius 3 is 2.30 bits per heavy atom. The number of nitriles is 1. The Hall–Kier alpha value is -3.14. The van der Waals surface area contributed by atoms with Crippen LogP contribution in [-0.2, 0) is 6.61 Å². The smallest absolute Gasteiger partial charge is 0.153 e. The van der Waals surface area contributed by atoms with Crippen LogP contribution in [0.3, 0.4) is 0 Å². The van der Waals surface area contributed by atoms with Crippen LogP contribution in [0.5, 0.6) is 23.0 Å². The topological polar surface area (TPSA) is 79.6 Å². The van der Waals surface area contributed by atoms with E-state index in [9.17, 15) is 9.90 Å². The summed E-state index contributed by atoms with van der Waals surface area (Å²) in [4.78, 5) is 11.5. The number of hydrogen-bond acceptors (Lipinski definition) is 5. The number of nitrogens with zero attached hydrogens (tertiary/aromatic N) is 1. The molecular formula is C21H14BrNO4. The van der Waals surface area contributed by atoms with Crippen molar-refractivity contribution in [3.8, 4) is 29.1 Å². The highest BCUT2D eigenvalue weighted by molar-refractivity contribution is 9.10. The molecular weight excluding hydrogens is 410 g/mol. The van der Waals surface area contributed by atoms with E-state index in [1.165, 1.54) is 0 Å². The van der Waals surface area contributed by atoms with E-state index in [4.69, 9.17) is 14.7 Å². The fourth-order valence-electron chi connectivity index (χ4n) is 2.37. The molecule has 0 aliphatic carbocycles. The Morgan fingerprint density at radius 2 is 1.63 bits per heavy atom. The van der Waals surface area contributed by atoms with Crippen LogP contribution in [0.2, 0.25) is 0 Å². The van der Waals surface area contributed by atoms with E-state index < -0.39 is 0 Å².